The molecule has 28 heavy (non-hydrogen) atoms. The Morgan fingerprint density at radius 2 is 2.00 bits per heavy atom. The summed E-state index contributed by atoms with van der Waals surface area (Å²) in [5.74, 6) is 1.40. The van der Waals surface area contributed by atoms with Crippen LogP contribution in [0.15, 0.2) is 53.3 Å². The van der Waals surface area contributed by atoms with Crippen LogP contribution in [-0.4, -0.2) is 28.5 Å². The first-order chi connectivity index (χ1) is 13.6. The van der Waals surface area contributed by atoms with E-state index in [0.29, 0.717) is 11.8 Å². The van der Waals surface area contributed by atoms with Gasteiger partial charge in [-0.15, -0.1) is 0 Å². The maximum atomic E-state index is 11.7. The molecule has 1 amide bonds. The van der Waals surface area contributed by atoms with Crippen molar-refractivity contribution in [3.8, 4) is 5.75 Å². The van der Waals surface area contributed by atoms with Gasteiger partial charge in [-0.05, 0) is 55.7 Å². The SMILES string of the molecule is CC(Nc1ncnc2ccc(Br)cc12)c1ccc(OCC(=O)NC2CC2)cc1. The van der Waals surface area contributed by atoms with Gasteiger partial charge in [0.05, 0.1) is 5.52 Å². The van der Waals surface area contributed by atoms with Gasteiger partial charge >= 0.3 is 0 Å². The van der Waals surface area contributed by atoms with Gasteiger partial charge in [-0.1, -0.05) is 28.1 Å². The van der Waals surface area contributed by atoms with Crippen LogP contribution in [0.2, 0.25) is 0 Å². The first-order valence-electron chi connectivity index (χ1n) is 9.27. The van der Waals surface area contributed by atoms with Gasteiger partial charge in [0.15, 0.2) is 6.61 Å². The van der Waals surface area contributed by atoms with E-state index in [0.717, 1.165) is 39.6 Å². The molecule has 0 radical (unpaired) electrons. The number of benzene rings is 2. The number of carbonyl (C=O) groups is 1. The molecule has 1 aliphatic rings. The van der Waals surface area contributed by atoms with Crippen LogP contribution < -0.4 is 15.4 Å². The van der Waals surface area contributed by atoms with E-state index in [2.05, 4.69) is 43.5 Å². The number of nitrogens with zero attached hydrogens (tertiary/aromatic N) is 2. The van der Waals surface area contributed by atoms with Gasteiger partial charge in [-0.3, -0.25) is 4.79 Å². The van der Waals surface area contributed by atoms with Crippen molar-refractivity contribution in [1.82, 2.24) is 15.3 Å². The summed E-state index contributed by atoms with van der Waals surface area (Å²) in [6, 6.07) is 14.1. The summed E-state index contributed by atoms with van der Waals surface area (Å²) in [4.78, 5) is 20.4. The van der Waals surface area contributed by atoms with Crippen molar-refractivity contribution in [2.45, 2.75) is 31.8 Å². The zero-order chi connectivity index (χ0) is 19.5. The lowest BCUT2D eigenvalue weighted by Gasteiger charge is -2.17. The molecule has 0 aliphatic heterocycles. The van der Waals surface area contributed by atoms with Crippen LogP contribution in [0, 0.1) is 0 Å². The van der Waals surface area contributed by atoms with Gasteiger partial charge in [0.1, 0.15) is 17.9 Å². The lowest BCUT2D eigenvalue weighted by molar-refractivity contribution is -0.123. The van der Waals surface area contributed by atoms with E-state index >= 15 is 0 Å². The highest BCUT2D eigenvalue weighted by Crippen LogP contribution is 2.27. The van der Waals surface area contributed by atoms with Crippen LogP contribution in [0.3, 0.4) is 0 Å². The fourth-order valence-corrected chi connectivity index (χ4v) is 3.29. The summed E-state index contributed by atoms with van der Waals surface area (Å²) in [5.41, 5.74) is 1.98. The van der Waals surface area contributed by atoms with E-state index < -0.39 is 0 Å². The van der Waals surface area contributed by atoms with Crippen LogP contribution in [0.1, 0.15) is 31.4 Å². The second kappa shape index (κ2) is 8.14. The highest BCUT2D eigenvalue weighted by Gasteiger charge is 2.23. The van der Waals surface area contributed by atoms with Gasteiger partial charge in [-0.25, -0.2) is 9.97 Å². The molecule has 3 aromatic rings. The fourth-order valence-electron chi connectivity index (χ4n) is 2.93. The molecule has 1 heterocycles. The smallest absolute Gasteiger partial charge is 0.258 e. The van der Waals surface area contributed by atoms with Gasteiger partial charge < -0.3 is 15.4 Å². The predicted octanol–water partition coefficient (Wildman–Crippen LogP) is 4.22. The molecule has 1 atom stereocenters. The number of ether oxygens (including phenoxy) is 1. The third kappa shape index (κ3) is 4.59. The van der Waals surface area contributed by atoms with Crippen molar-refractivity contribution in [2.75, 3.05) is 11.9 Å². The minimum atomic E-state index is -0.0663. The number of hydrogen-bond donors (Lipinski definition) is 2. The average molecular weight is 441 g/mol. The molecule has 2 N–H and O–H groups in total. The van der Waals surface area contributed by atoms with E-state index in [1.54, 1.807) is 6.33 Å². The van der Waals surface area contributed by atoms with Gasteiger partial charge in [0.25, 0.3) is 5.91 Å². The van der Waals surface area contributed by atoms with E-state index in [4.69, 9.17) is 4.74 Å². The lowest BCUT2D eigenvalue weighted by atomic mass is 10.1. The van der Waals surface area contributed by atoms with Crippen molar-refractivity contribution in [3.63, 3.8) is 0 Å². The minimum absolute atomic E-state index is 0.0456. The molecule has 1 aromatic heterocycles. The Hall–Kier alpha value is -2.67. The molecule has 0 bridgehead atoms. The van der Waals surface area contributed by atoms with E-state index in [1.807, 2.05) is 42.5 Å². The summed E-state index contributed by atoms with van der Waals surface area (Å²) in [6.45, 7) is 2.12. The average Bonchev–Trinajstić information content (AvgIpc) is 3.51. The summed E-state index contributed by atoms with van der Waals surface area (Å²) in [6.07, 6.45) is 3.71. The normalized spacial score (nSPS) is 14.5. The molecular formula is C21H21BrN4O2. The maximum absolute atomic E-state index is 11.7. The Labute approximate surface area is 171 Å². The molecule has 1 unspecified atom stereocenters. The lowest BCUT2D eigenvalue weighted by Crippen LogP contribution is -2.30. The summed E-state index contributed by atoms with van der Waals surface area (Å²) in [5, 5.41) is 7.32. The number of fused-ring (bicyclic) bond motifs is 1. The number of halogens is 1. The second-order valence-electron chi connectivity index (χ2n) is 6.95. The van der Waals surface area contributed by atoms with Crippen LogP contribution in [0.25, 0.3) is 10.9 Å². The van der Waals surface area contributed by atoms with Crippen molar-refractivity contribution in [1.29, 1.82) is 0 Å². The van der Waals surface area contributed by atoms with E-state index in [-0.39, 0.29) is 18.6 Å². The number of hydrogen-bond acceptors (Lipinski definition) is 5. The summed E-state index contributed by atoms with van der Waals surface area (Å²) >= 11 is 3.50. The quantitative estimate of drug-likeness (QED) is 0.574. The Kier molecular flexibility index (Phi) is 5.43. The molecule has 0 saturated heterocycles. The molecular weight excluding hydrogens is 420 g/mol. The monoisotopic (exact) mass is 440 g/mol. The highest BCUT2D eigenvalue weighted by atomic mass is 79.9. The van der Waals surface area contributed by atoms with Crippen molar-refractivity contribution in [3.05, 3.63) is 58.8 Å². The summed E-state index contributed by atoms with van der Waals surface area (Å²) < 4.78 is 6.55. The second-order valence-corrected chi connectivity index (χ2v) is 7.86. The van der Waals surface area contributed by atoms with Crippen LogP contribution >= 0.6 is 15.9 Å². The fraction of sp³-hybridized carbons (Fsp3) is 0.286. The molecule has 1 aliphatic carbocycles. The van der Waals surface area contributed by atoms with Crippen LogP contribution in [0.5, 0.6) is 5.75 Å². The Morgan fingerprint density at radius 1 is 1.21 bits per heavy atom. The van der Waals surface area contributed by atoms with Crippen molar-refractivity contribution >= 4 is 38.6 Å². The summed E-state index contributed by atoms with van der Waals surface area (Å²) in [7, 11) is 0. The number of amides is 1. The Balaban J connectivity index is 1.40. The van der Waals surface area contributed by atoms with Gasteiger partial charge in [0.2, 0.25) is 0 Å². The number of rotatable bonds is 7. The van der Waals surface area contributed by atoms with Gasteiger partial charge in [0, 0.05) is 21.9 Å². The van der Waals surface area contributed by atoms with Crippen molar-refractivity contribution < 1.29 is 9.53 Å². The molecule has 7 heteroatoms. The molecule has 1 fully saturated rings. The molecule has 2 aromatic carbocycles. The zero-order valence-electron chi connectivity index (χ0n) is 15.5. The number of anilines is 1. The number of aromatic nitrogens is 2. The standard InChI is InChI=1S/C21H21BrN4O2/c1-13(25-21-18-10-15(22)4-9-19(18)23-12-24-21)14-2-7-17(8-3-14)28-11-20(27)26-16-5-6-16/h2-4,7-10,12-13,16H,5-6,11H2,1H3,(H,26,27)(H,23,24,25). The highest BCUT2D eigenvalue weighted by molar-refractivity contribution is 9.10. The third-order valence-corrected chi connectivity index (χ3v) is 5.14. The third-order valence-electron chi connectivity index (χ3n) is 4.64. The molecule has 4 rings (SSSR count). The van der Waals surface area contributed by atoms with E-state index in [1.165, 1.54) is 0 Å². The van der Waals surface area contributed by atoms with Crippen LogP contribution in [-0.2, 0) is 4.79 Å². The number of nitrogens with one attached hydrogen (secondary N) is 2. The van der Waals surface area contributed by atoms with Crippen LogP contribution in [0.4, 0.5) is 5.82 Å². The van der Waals surface area contributed by atoms with Crippen molar-refractivity contribution in [2.24, 2.45) is 0 Å². The maximum Gasteiger partial charge on any atom is 0.258 e. The number of carbonyl (C=O) groups excluding carboxylic acids is 1. The minimum Gasteiger partial charge on any atom is -0.484 e. The Bertz CT molecular complexity index is 989. The molecule has 0 spiro atoms. The Morgan fingerprint density at radius 3 is 2.75 bits per heavy atom. The first kappa shape index (κ1) is 18.7. The predicted molar refractivity (Wildman–Crippen MR) is 112 cm³/mol. The molecule has 6 nitrogen and oxygen atoms in total. The van der Waals surface area contributed by atoms with E-state index in [9.17, 15) is 4.79 Å². The molecule has 144 valence electrons. The topological polar surface area (TPSA) is 76.1 Å². The zero-order valence-corrected chi connectivity index (χ0v) is 17.1. The largest absolute Gasteiger partial charge is 0.484 e. The van der Waals surface area contributed by atoms with Gasteiger partial charge in [-0.2, -0.15) is 0 Å². The molecule has 1 saturated carbocycles. The first-order valence-corrected chi connectivity index (χ1v) is 10.1.